The monoisotopic (exact) mass is 421 g/mol. The van der Waals surface area contributed by atoms with Gasteiger partial charge in [-0.3, -0.25) is 9.59 Å². The molecule has 2 amide bonds. The van der Waals surface area contributed by atoms with E-state index in [9.17, 15) is 19.5 Å². The van der Waals surface area contributed by atoms with Crippen molar-refractivity contribution in [2.45, 2.75) is 23.9 Å². The van der Waals surface area contributed by atoms with Crippen LogP contribution in [0.15, 0.2) is 54.7 Å². The van der Waals surface area contributed by atoms with E-state index in [-0.39, 0.29) is 17.7 Å². The third kappa shape index (κ3) is 2.95. The number of aromatic nitrogens is 1. The first-order chi connectivity index (χ1) is 14.5. The van der Waals surface area contributed by atoms with E-state index in [1.54, 1.807) is 23.2 Å². The fraction of sp³-hybridized carbons (Fsp3) is 0.227. The minimum absolute atomic E-state index is 0.155. The number of aromatic amines is 1. The highest BCUT2D eigenvalue weighted by Crippen LogP contribution is 2.48. The van der Waals surface area contributed by atoms with Crippen molar-refractivity contribution >= 4 is 40.4 Å². The van der Waals surface area contributed by atoms with Crippen LogP contribution in [0.25, 0.3) is 10.9 Å². The number of hydrogen-bond acceptors (Lipinski definition) is 4. The minimum Gasteiger partial charge on any atom is -0.480 e. The second-order valence-corrected chi connectivity index (χ2v) is 8.58. The number of hydrogen-bond donors (Lipinski definition) is 3. The molecular weight excluding hydrogens is 402 g/mol. The Morgan fingerprint density at radius 2 is 1.97 bits per heavy atom. The number of nitrogens with zero attached hydrogens (tertiary/aromatic N) is 1. The third-order valence-electron chi connectivity index (χ3n) is 5.71. The number of H-pyrrole nitrogens is 1. The lowest BCUT2D eigenvalue weighted by molar-refractivity contribution is -0.142. The van der Waals surface area contributed by atoms with Crippen LogP contribution < -0.4 is 5.32 Å². The van der Waals surface area contributed by atoms with E-state index in [0.717, 1.165) is 22.0 Å². The predicted octanol–water partition coefficient (Wildman–Crippen LogP) is 2.55. The van der Waals surface area contributed by atoms with Crippen LogP contribution in [0.5, 0.6) is 0 Å². The van der Waals surface area contributed by atoms with Crippen LogP contribution in [0.2, 0.25) is 0 Å². The van der Waals surface area contributed by atoms with Gasteiger partial charge in [-0.05, 0) is 23.3 Å². The van der Waals surface area contributed by atoms with Crippen molar-refractivity contribution in [2.75, 3.05) is 5.75 Å². The van der Waals surface area contributed by atoms with Gasteiger partial charge in [-0.2, -0.15) is 0 Å². The van der Waals surface area contributed by atoms with Crippen LogP contribution in [-0.2, 0) is 16.0 Å². The summed E-state index contributed by atoms with van der Waals surface area (Å²) < 4.78 is 0. The summed E-state index contributed by atoms with van der Waals surface area (Å²) in [4.78, 5) is 42.4. The van der Waals surface area contributed by atoms with E-state index in [2.05, 4.69) is 10.3 Å². The number of fused-ring (bicyclic) bond motifs is 4. The molecular formula is C22H19N3O4S. The molecule has 3 aromatic rings. The van der Waals surface area contributed by atoms with E-state index in [0.29, 0.717) is 11.3 Å². The fourth-order valence-electron chi connectivity index (χ4n) is 4.23. The Kier molecular flexibility index (Phi) is 4.51. The molecule has 5 rings (SSSR count). The Balaban J connectivity index is 1.35. The molecule has 0 spiro atoms. The third-order valence-corrected chi connectivity index (χ3v) is 7.01. The molecule has 1 aromatic heterocycles. The van der Waals surface area contributed by atoms with E-state index >= 15 is 0 Å². The van der Waals surface area contributed by atoms with Crippen molar-refractivity contribution in [3.63, 3.8) is 0 Å². The molecule has 1 saturated heterocycles. The molecule has 7 nitrogen and oxygen atoms in total. The smallest absolute Gasteiger partial charge is 0.326 e. The topological polar surface area (TPSA) is 102 Å². The molecule has 152 valence electrons. The number of carboxylic acids is 1. The van der Waals surface area contributed by atoms with Gasteiger partial charge < -0.3 is 20.3 Å². The Morgan fingerprint density at radius 3 is 2.80 bits per heavy atom. The van der Waals surface area contributed by atoms with Crippen LogP contribution in [0.4, 0.5) is 0 Å². The quantitative estimate of drug-likeness (QED) is 0.588. The zero-order valence-electron chi connectivity index (χ0n) is 15.9. The zero-order chi connectivity index (χ0) is 20.8. The Labute approximate surface area is 176 Å². The average Bonchev–Trinajstić information content (AvgIpc) is 3.43. The first-order valence-corrected chi connectivity index (χ1v) is 10.7. The summed E-state index contributed by atoms with van der Waals surface area (Å²) in [5.74, 6) is -1.27. The Bertz CT molecular complexity index is 1170. The van der Waals surface area contributed by atoms with Crippen molar-refractivity contribution < 1.29 is 19.5 Å². The summed E-state index contributed by atoms with van der Waals surface area (Å²) in [6.07, 6.45) is 1.93. The molecule has 0 radical (unpaired) electrons. The number of para-hydroxylation sites is 1. The number of benzene rings is 2. The molecule has 8 heteroatoms. The summed E-state index contributed by atoms with van der Waals surface area (Å²) in [6, 6.07) is 13.2. The Hall–Kier alpha value is -3.26. The minimum atomic E-state index is -1.10. The van der Waals surface area contributed by atoms with Gasteiger partial charge in [0.15, 0.2) is 0 Å². The van der Waals surface area contributed by atoms with E-state index in [1.165, 1.54) is 11.8 Å². The maximum absolute atomic E-state index is 13.0. The van der Waals surface area contributed by atoms with Crippen molar-refractivity contribution in [1.29, 1.82) is 0 Å². The number of thioether (sulfide) groups is 1. The molecule has 3 N–H and O–H groups in total. The number of carbonyl (C=O) groups is 3. The maximum Gasteiger partial charge on any atom is 0.326 e. The van der Waals surface area contributed by atoms with Gasteiger partial charge in [0.1, 0.15) is 17.5 Å². The molecule has 3 atom stereocenters. The van der Waals surface area contributed by atoms with Gasteiger partial charge in [0, 0.05) is 34.8 Å². The molecule has 30 heavy (non-hydrogen) atoms. The van der Waals surface area contributed by atoms with Gasteiger partial charge in [0.2, 0.25) is 5.91 Å². The number of amides is 2. The van der Waals surface area contributed by atoms with Gasteiger partial charge in [0.05, 0.1) is 0 Å². The first kappa shape index (κ1) is 18.7. The molecule has 0 aliphatic carbocycles. The number of rotatable bonds is 5. The number of nitrogens with one attached hydrogen (secondary N) is 2. The SMILES string of the molecule is O=C(O)[C@@H](Cc1c[nH]c2ccccc12)NC(=O)[C@@H]1CS[C@H]2c3ccccc3C(=O)N12. The molecule has 0 saturated carbocycles. The van der Waals surface area contributed by atoms with Gasteiger partial charge >= 0.3 is 5.97 Å². The van der Waals surface area contributed by atoms with Crippen LogP contribution in [0.1, 0.15) is 26.9 Å². The highest BCUT2D eigenvalue weighted by molar-refractivity contribution is 7.99. The largest absolute Gasteiger partial charge is 0.480 e. The summed E-state index contributed by atoms with van der Waals surface area (Å²) >= 11 is 1.53. The van der Waals surface area contributed by atoms with Crippen LogP contribution in [0, 0.1) is 0 Å². The second kappa shape index (κ2) is 7.21. The first-order valence-electron chi connectivity index (χ1n) is 9.66. The van der Waals surface area contributed by atoms with E-state index < -0.39 is 24.0 Å². The number of carboxylic acid groups (broad SMARTS) is 1. The lowest BCUT2D eigenvalue weighted by Crippen LogP contribution is -2.51. The summed E-state index contributed by atoms with van der Waals surface area (Å²) in [5, 5.41) is 13.1. The van der Waals surface area contributed by atoms with Gasteiger partial charge in [0.25, 0.3) is 5.91 Å². The zero-order valence-corrected chi connectivity index (χ0v) is 16.7. The van der Waals surface area contributed by atoms with Gasteiger partial charge in [-0.25, -0.2) is 4.79 Å². The number of aliphatic carboxylic acids is 1. The summed E-state index contributed by atoms with van der Waals surface area (Å²) in [6.45, 7) is 0. The molecule has 0 unspecified atom stereocenters. The number of carbonyl (C=O) groups excluding carboxylic acids is 2. The fourth-order valence-corrected chi connectivity index (χ4v) is 5.70. The summed E-state index contributed by atoms with van der Waals surface area (Å²) in [7, 11) is 0. The molecule has 2 aliphatic rings. The normalized spacial score (nSPS) is 20.8. The van der Waals surface area contributed by atoms with Crippen LogP contribution in [-0.4, -0.2) is 50.6 Å². The van der Waals surface area contributed by atoms with Crippen molar-refractivity contribution in [3.8, 4) is 0 Å². The maximum atomic E-state index is 13.0. The molecule has 3 heterocycles. The molecule has 1 fully saturated rings. The highest BCUT2D eigenvalue weighted by atomic mass is 32.2. The molecule has 2 aromatic carbocycles. The molecule has 2 aliphatic heterocycles. The van der Waals surface area contributed by atoms with Crippen LogP contribution in [0.3, 0.4) is 0 Å². The lowest BCUT2D eigenvalue weighted by Gasteiger charge is -2.24. The average molecular weight is 421 g/mol. The van der Waals surface area contributed by atoms with Crippen molar-refractivity contribution in [1.82, 2.24) is 15.2 Å². The van der Waals surface area contributed by atoms with Crippen molar-refractivity contribution in [2.24, 2.45) is 0 Å². The van der Waals surface area contributed by atoms with Crippen molar-refractivity contribution in [3.05, 3.63) is 71.4 Å². The summed E-state index contributed by atoms with van der Waals surface area (Å²) in [5.41, 5.74) is 3.26. The van der Waals surface area contributed by atoms with E-state index in [1.807, 2.05) is 36.4 Å². The second-order valence-electron chi connectivity index (χ2n) is 7.46. The molecule has 0 bridgehead atoms. The lowest BCUT2D eigenvalue weighted by atomic mass is 10.0. The highest BCUT2D eigenvalue weighted by Gasteiger charge is 2.48. The van der Waals surface area contributed by atoms with Crippen LogP contribution >= 0.6 is 11.8 Å². The van der Waals surface area contributed by atoms with Gasteiger partial charge in [-0.1, -0.05) is 36.4 Å². The van der Waals surface area contributed by atoms with Gasteiger partial charge in [-0.15, -0.1) is 11.8 Å². The predicted molar refractivity (Wildman–Crippen MR) is 113 cm³/mol. The van der Waals surface area contributed by atoms with E-state index in [4.69, 9.17) is 0 Å². The Morgan fingerprint density at radius 1 is 1.20 bits per heavy atom. The standard InChI is InChI=1S/C22H19N3O4S/c26-19(18-11-30-21-15-7-2-1-6-14(15)20(27)25(18)21)24-17(22(28)29)9-12-10-23-16-8-4-3-5-13(12)16/h1-8,10,17-18,21,23H,9,11H2,(H,24,26)(H,28,29)/t17-,18+,21+/m1/s1.